The molecule has 2 aromatic rings. The van der Waals surface area contributed by atoms with Gasteiger partial charge in [-0.2, -0.15) is 26.3 Å². The third kappa shape index (κ3) is 8.09. The van der Waals surface area contributed by atoms with Gasteiger partial charge in [0.05, 0.1) is 22.4 Å². The number of hydrogen-bond donors (Lipinski definition) is 0. The van der Waals surface area contributed by atoms with Gasteiger partial charge in [0.15, 0.2) is 0 Å². The fourth-order valence-corrected chi connectivity index (χ4v) is 5.53. The number of amides is 1. The Morgan fingerprint density at radius 3 is 2.30 bits per heavy atom. The molecule has 4 rings (SSSR count). The first-order valence-corrected chi connectivity index (χ1v) is 15.0. The first kappa shape index (κ1) is 32.8. The maximum Gasteiger partial charge on any atom is 0.493 e. The van der Waals surface area contributed by atoms with E-state index in [1.807, 2.05) is 4.90 Å². The molecular weight excluding hydrogens is 637 g/mol. The molecule has 0 radical (unpaired) electrons. The van der Waals surface area contributed by atoms with E-state index in [4.69, 9.17) is 16.3 Å². The lowest BCUT2D eigenvalue weighted by Crippen LogP contribution is -2.42. The molecule has 236 valence electrons. The molecule has 8 nitrogen and oxygen atoms in total. The van der Waals surface area contributed by atoms with E-state index in [0.717, 1.165) is 18.2 Å². The smallest absolute Gasteiger partial charge is 0.489 e. The van der Waals surface area contributed by atoms with E-state index < -0.39 is 66.8 Å². The van der Waals surface area contributed by atoms with Gasteiger partial charge in [-0.15, -0.1) is 0 Å². The molecule has 1 saturated carbocycles. The summed E-state index contributed by atoms with van der Waals surface area (Å²) in [6.07, 6.45) is -8.04. The van der Waals surface area contributed by atoms with Crippen molar-refractivity contribution in [3.05, 3.63) is 63.4 Å². The van der Waals surface area contributed by atoms with Crippen molar-refractivity contribution in [3.63, 3.8) is 0 Å². The summed E-state index contributed by atoms with van der Waals surface area (Å²) in [5.74, 6) is -6.33. The zero-order chi connectivity index (χ0) is 31.9. The molecular formula is C26H24ClF7N2O6S. The number of piperidine rings is 1. The Morgan fingerprint density at radius 1 is 1.07 bits per heavy atom. The minimum Gasteiger partial charge on any atom is -0.489 e. The van der Waals surface area contributed by atoms with Gasteiger partial charge in [-0.25, -0.2) is 17.6 Å². The van der Waals surface area contributed by atoms with Crippen LogP contribution in [0.2, 0.25) is 5.02 Å². The second-order valence-corrected chi connectivity index (χ2v) is 12.4. The average Bonchev–Trinajstić information content (AvgIpc) is 3.70. The highest BCUT2D eigenvalue weighted by atomic mass is 35.5. The summed E-state index contributed by atoms with van der Waals surface area (Å²) in [5.41, 5.74) is -1.05. The van der Waals surface area contributed by atoms with Gasteiger partial charge in [0.25, 0.3) is 10.0 Å². The van der Waals surface area contributed by atoms with E-state index in [0.29, 0.717) is 56.2 Å². The molecule has 17 heteroatoms. The highest BCUT2D eigenvalue weighted by molar-refractivity contribution is 7.88. The standard InChI is InChI=1S/C26H24ClF7N2O6S/c1-43(39,40)36(42-24(38)26(32,33)34)23(37)18-10-17(15-5-6-15)22(11-21(18)28)41-16-3-2-8-35(13-16)12-14-4-7-19(20(27)9-14)25(29,30)31/h4,7,9-11,15-16H,2-3,5-6,8,12-13H2,1H3/t16-/m1/s1. The number of hydrogen-bond acceptors (Lipinski definition) is 7. The van der Waals surface area contributed by atoms with Crippen molar-refractivity contribution < 1.29 is 58.3 Å². The first-order chi connectivity index (χ1) is 19.8. The quantitative estimate of drug-likeness (QED) is 0.272. The number of benzene rings is 2. The van der Waals surface area contributed by atoms with Gasteiger partial charge >= 0.3 is 24.2 Å². The minimum atomic E-state index is -5.63. The highest BCUT2D eigenvalue weighted by Crippen LogP contribution is 2.46. The van der Waals surface area contributed by atoms with Crippen LogP contribution in [-0.2, 0) is 32.4 Å². The number of ether oxygens (including phenoxy) is 1. The van der Waals surface area contributed by atoms with Crippen molar-refractivity contribution in [1.82, 2.24) is 9.37 Å². The molecule has 1 atom stereocenters. The van der Waals surface area contributed by atoms with E-state index in [1.54, 1.807) is 0 Å². The maximum atomic E-state index is 15.2. The lowest BCUT2D eigenvalue weighted by atomic mass is 10.0. The molecule has 43 heavy (non-hydrogen) atoms. The number of carbonyl (C=O) groups excluding carboxylic acids is 2. The minimum absolute atomic E-state index is 0.0409. The van der Waals surface area contributed by atoms with Crippen molar-refractivity contribution in [1.29, 1.82) is 0 Å². The Labute approximate surface area is 246 Å². The van der Waals surface area contributed by atoms with Gasteiger partial charge in [0.1, 0.15) is 17.7 Å². The van der Waals surface area contributed by atoms with E-state index >= 15 is 4.39 Å². The molecule has 0 unspecified atom stereocenters. The molecule has 1 saturated heterocycles. The number of hydroxylamine groups is 1. The molecule has 2 aromatic carbocycles. The summed E-state index contributed by atoms with van der Waals surface area (Å²) in [4.78, 5) is 29.8. The fourth-order valence-electron chi connectivity index (χ4n) is 4.61. The van der Waals surface area contributed by atoms with Crippen LogP contribution in [0.1, 0.15) is 58.6 Å². The molecule has 0 bridgehead atoms. The van der Waals surface area contributed by atoms with Crippen LogP contribution in [0.15, 0.2) is 30.3 Å². The molecule has 0 spiro atoms. The summed E-state index contributed by atoms with van der Waals surface area (Å²) in [6, 6.07) is 5.24. The molecule has 0 aromatic heterocycles. The van der Waals surface area contributed by atoms with Gasteiger partial charge < -0.3 is 9.57 Å². The second kappa shape index (κ2) is 12.1. The molecule has 1 amide bonds. The van der Waals surface area contributed by atoms with Crippen molar-refractivity contribution in [2.45, 2.75) is 56.6 Å². The van der Waals surface area contributed by atoms with Crippen LogP contribution in [0.25, 0.3) is 0 Å². The van der Waals surface area contributed by atoms with Crippen LogP contribution in [0.4, 0.5) is 30.7 Å². The fraction of sp³-hybridized carbons (Fsp3) is 0.462. The Morgan fingerprint density at radius 2 is 1.74 bits per heavy atom. The van der Waals surface area contributed by atoms with Crippen molar-refractivity contribution in [2.24, 2.45) is 0 Å². The van der Waals surface area contributed by atoms with E-state index in [1.165, 1.54) is 12.1 Å². The van der Waals surface area contributed by atoms with Crippen molar-refractivity contribution in [2.75, 3.05) is 19.3 Å². The molecule has 1 aliphatic carbocycles. The molecule has 2 aliphatic rings. The molecule has 0 N–H and O–H groups in total. The molecule has 2 fully saturated rings. The van der Waals surface area contributed by atoms with Crippen molar-refractivity contribution in [3.8, 4) is 5.75 Å². The largest absolute Gasteiger partial charge is 0.493 e. The number of alkyl halides is 6. The molecule has 1 heterocycles. The van der Waals surface area contributed by atoms with Crippen LogP contribution in [-0.4, -0.2) is 61.3 Å². The van der Waals surface area contributed by atoms with Crippen LogP contribution in [0.5, 0.6) is 5.75 Å². The lowest BCUT2D eigenvalue weighted by Gasteiger charge is -2.33. The maximum absolute atomic E-state index is 15.2. The van der Waals surface area contributed by atoms with Crippen LogP contribution in [0.3, 0.4) is 0 Å². The SMILES string of the molecule is CS(=O)(=O)N(OC(=O)C(F)(F)F)C(=O)c1cc(C2CC2)c(O[C@@H]2CCCN(Cc3ccc(C(F)(F)F)c(Cl)c3)C2)cc1F. The number of likely N-dealkylation sites (tertiary alicyclic amines) is 1. The number of sulfonamides is 1. The summed E-state index contributed by atoms with van der Waals surface area (Å²) in [7, 11) is -4.91. The third-order valence-electron chi connectivity index (χ3n) is 6.71. The van der Waals surface area contributed by atoms with Gasteiger partial charge in [-0.05, 0) is 67.5 Å². The monoisotopic (exact) mass is 660 g/mol. The van der Waals surface area contributed by atoms with Gasteiger partial charge in [-0.1, -0.05) is 22.1 Å². The summed E-state index contributed by atoms with van der Waals surface area (Å²) >= 11 is 5.83. The number of carbonyl (C=O) groups is 2. The van der Waals surface area contributed by atoms with Crippen LogP contribution in [0, 0.1) is 5.82 Å². The third-order valence-corrected chi connectivity index (χ3v) is 7.87. The lowest BCUT2D eigenvalue weighted by molar-refractivity contribution is -0.216. The van der Waals surface area contributed by atoms with Crippen LogP contribution >= 0.6 is 11.6 Å². The van der Waals surface area contributed by atoms with Crippen LogP contribution < -0.4 is 4.74 Å². The van der Waals surface area contributed by atoms with E-state index in [-0.39, 0.29) is 18.2 Å². The summed E-state index contributed by atoms with van der Waals surface area (Å²) in [6.45, 7) is 1.15. The zero-order valence-corrected chi connectivity index (χ0v) is 23.8. The Balaban J connectivity index is 1.53. The van der Waals surface area contributed by atoms with Gasteiger partial charge in [0.2, 0.25) is 0 Å². The topological polar surface area (TPSA) is 93.2 Å². The molecule has 1 aliphatic heterocycles. The predicted molar refractivity (Wildman–Crippen MR) is 137 cm³/mol. The van der Waals surface area contributed by atoms with Gasteiger partial charge in [0, 0.05) is 19.2 Å². The average molecular weight is 661 g/mol. The Kier molecular flexibility index (Phi) is 9.24. The number of nitrogens with zero attached hydrogens (tertiary/aromatic N) is 2. The number of rotatable bonds is 7. The highest BCUT2D eigenvalue weighted by Gasteiger charge is 2.46. The second-order valence-electron chi connectivity index (χ2n) is 10.2. The van der Waals surface area contributed by atoms with E-state index in [9.17, 15) is 44.3 Å². The van der Waals surface area contributed by atoms with Crippen molar-refractivity contribution >= 4 is 33.5 Å². The van der Waals surface area contributed by atoms with Gasteiger partial charge in [-0.3, -0.25) is 9.69 Å². The summed E-state index contributed by atoms with van der Waals surface area (Å²) in [5, 5.41) is -0.434. The first-order valence-electron chi connectivity index (χ1n) is 12.8. The Bertz CT molecular complexity index is 1510. The zero-order valence-electron chi connectivity index (χ0n) is 22.3. The Hall–Kier alpha value is -3.11. The van der Waals surface area contributed by atoms with E-state index in [2.05, 4.69) is 4.84 Å². The normalized spacial score (nSPS) is 18.3. The predicted octanol–water partition coefficient (Wildman–Crippen LogP) is 5.84. The number of halogens is 8. The summed E-state index contributed by atoms with van der Waals surface area (Å²) < 4.78 is 121.